The number of halogens is 1. The first kappa shape index (κ1) is 15.1. The number of rotatable bonds is 7. The van der Waals surface area contributed by atoms with E-state index in [2.05, 4.69) is 12.2 Å². The molecule has 0 unspecified atom stereocenters. The Hall–Kier alpha value is -0.970. The number of quaternary nitrogens is 1. The van der Waals surface area contributed by atoms with Crippen molar-refractivity contribution in [3.05, 3.63) is 22.7 Å². The lowest BCUT2D eigenvalue weighted by atomic mass is 10.1. The van der Waals surface area contributed by atoms with Gasteiger partial charge in [-0.05, 0) is 18.6 Å². The number of hydrogen-bond donors (Lipinski definition) is 2. The molecular formula is C13H21ClNO3+. The average molecular weight is 275 g/mol. The summed E-state index contributed by atoms with van der Waals surface area (Å²) in [6, 6.07) is 3.99. The minimum atomic E-state index is 0.178. The summed E-state index contributed by atoms with van der Waals surface area (Å²) in [6.45, 7) is 2.98. The second-order valence-electron chi connectivity index (χ2n) is 4.10. The standard InChI is InChI=1S/C13H20ClNO3/c1-4-10(8-16)15-7-9-5-11(14)13(18-3)12(6-9)17-2/h5-6,10,15-16H,4,7-8H2,1-3H3/p+1/t10-/m1/s1. The molecule has 0 aliphatic rings. The van der Waals surface area contributed by atoms with Gasteiger partial charge in [0, 0.05) is 5.56 Å². The van der Waals surface area contributed by atoms with Gasteiger partial charge in [-0.1, -0.05) is 18.5 Å². The second-order valence-corrected chi connectivity index (χ2v) is 4.51. The van der Waals surface area contributed by atoms with Gasteiger partial charge in [0.15, 0.2) is 11.5 Å². The highest BCUT2D eigenvalue weighted by Crippen LogP contribution is 2.35. The van der Waals surface area contributed by atoms with Crippen LogP contribution in [0.15, 0.2) is 12.1 Å². The molecule has 4 nitrogen and oxygen atoms in total. The van der Waals surface area contributed by atoms with Crippen molar-refractivity contribution in [2.45, 2.75) is 25.9 Å². The Morgan fingerprint density at radius 3 is 2.56 bits per heavy atom. The van der Waals surface area contributed by atoms with E-state index in [4.69, 9.17) is 26.2 Å². The summed E-state index contributed by atoms with van der Waals surface area (Å²) in [5.41, 5.74) is 1.05. The molecule has 0 amide bonds. The molecule has 3 N–H and O–H groups in total. The number of methoxy groups -OCH3 is 2. The number of ether oxygens (including phenoxy) is 2. The molecule has 102 valence electrons. The first-order valence-electron chi connectivity index (χ1n) is 6.00. The smallest absolute Gasteiger partial charge is 0.179 e. The third-order valence-corrected chi connectivity index (χ3v) is 3.22. The largest absolute Gasteiger partial charge is 0.493 e. The van der Waals surface area contributed by atoms with Gasteiger partial charge < -0.3 is 19.9 Å². The number of benzene rings is 1. The van der Waals surface area contributed by atoms with Crippen LogP contribution in [0, 0.1) is 0 Å². The fourth-order valence-electron chi connectivity index (χ4n) is 1.76. The fourth-order valence-corrected chi connectivity index (χ4v) is 2.07. The van der Waals surface area contributed by atoms with E-state index in [0.717, 1.165) is 18.5 Å². The topological polar surface area (TPSA) is 55.3 Å². The number of nitrogens with two attached hydrogens (primary N) is 1. The molecule has 5 heteroatoms. The van der Waals surface area contributed by atoms with Crippen LogP contribution in [0.1, 0.15) is 18.9 Å². The normalized spacial score (nSPS) is 12.3. The molecule has 0 radical (unpaired) electrons. The van der Waals surface area contributed by atoms with E-state index in [1.54, 1.807) is 14.2 Å². The third-order valence-electron chi connectivity index (χ3n) is 2.94. The summed E-state index contributed by atoms with van der Waals surface area (Å²) in [6.07, 6.45) is 0.928. The van der Waals surface area contributed by atoms with Crippen LogP contribution in [-0.4, -0.2) is 32.0 Å². The molecule has 0 fully saturated rings. The van der Waals surface area contributed by atoms with Crippen molar-refractivity contribution in [3.63, 3.8) is 0 Å². The van der Waals surface area contributed by atoms with Gasteiger partial charge in [-0.15, -0.1) is 0 Å². The zero-order valence-electron chi connectivity index (χ0n) is 11.1. The summed E-state index contributed by atoms with van der Waals surface area (Å²) in [7, 11) is 3.15. The van der Waals surface area contributed by atoms with Crippen LogP contribution >= 0.6 is 11.6 Å². The predicted molar refractivity (Wildman–Crippen MR) is 71.4 cm³/mol. The van der Waals surface area contributed by atoms with Gasteiger partial charge in [-0.2, -0.15) is 0 Å². The van der Waals surface area contributed by atoms with Gasteiger partial charge in [0.2, 0.25) is 0 Å². The highest BCUT2D eigenvalue weighted by molar-refractivity contribution is 6.32. The summed E-state index contributed by atoms with van der Waals surface area (Å²) >= 11 is 6.13. The first-order valence-corrected chi connectivity index (χ1v) is 6.38. The summed E-state index contributed by atoms with van der Waals surface area (Å²) in [5.74, 6) is 1.18. The van der Waals surface area contributed by atoms with Crippen molar-refractivity contribution >= 4 is 11.6 Å². The van der Waals surface area contributed by atoms with E-state index in [-0.39, 0.29) is 12.6 Å². The molecule has 1 aromatic carbocycles. The minimum Gasteiger partial charge on any atom is -0.493 e. The van der Waals surface area contributed by atoms with Crippen LogP contribution in [0.5, 0.6) is 11.5 Å². The summed E-state index contributed by atoms with van der Waals surface area (Å²) in [4.78, 5) is 0. The van der Waals surface area contributed by atoms with Crippen LogP contribution in [-0.2, 0) is 6.54 Å². The van der Waals surface area contributed by atoms with Gasteiger partial charge in [0.05, 0.1) is 25.8 Å². The van der Waals surface area contributed by atoms with Gasteiger partial charge in [0.1, 0.15) is 12.6 Å². The molecule has 18 heavy (non-hydrogen) atoms. The van der Waals surface area contributed by atoms with Gasteiger partial charge in [0.25, 0.3) is 0 Å². The van der Waals surface area contributed by atoms with Crippen molar-refractivity contribution in [1.29, 1.82) is 0 Å². The Bertz CT molecular complexity index is 381. The Morgan fingerprint density at radius 2 is 2.06 bits per heavy atom. The number of hydrogen-bond acceptors (Lipinski definition) is 3. The van der Waals surface area contributed by atoms with Gasteiger partial charge in [-0.25, -0.2) is 0 Å². The van der Waals surface area contributed by atoms with Crippen LogP contribution in [0.4, 0.5) is 0 Å². The molecular weight excluding hydrogens is 254 g/mol. The predicted octanol–water partition coefficient (Wildman–Crippen LogP) is 1.19. The Labute approximate surface area is 113 Å². The number of aliphatic hydroxyl groups is 1. The molecule has 0 spiro atoms. The molecule has 0 aliphatic carbocycles. The zero-order chi connectivity index (χ0) is 13.5. The molecule has 0 heterocycles. The van der Waals surface area contributed by atoms with E-state index in [1.807, 2.05) is 12.1 Å². The van der Waals surface area contributed by atoms with Crippen molar-refractivity contribution in [3.8, 4) is 11.5 Å². The molecule has 0 saturated carbocycles. The highest BCUT2D eigenvalue weighted by Gasteiger charge is 2.13. The molecule has 1 rings (SSSR count). The Morgan fingerprint density at radius 1 is 1.33 bits per heavy atom. The molecule has 1 atom stereocenters. The van der Waals surface area contributed by atoms with E-state index < -0.39 is 0 Å². The van der Waals surface area contributed by atoms with Crippen LogP contribution < -0.4 is 14.8 Å². The van der Waals surface area contributed by atoms with Crippen LogP contribution in [0.2, 0.25) is 5.02 Å². The van der Waals surface area contributed by atoms with Crippen molar-refractivity contribution in [2.24, 2.45) is 0 Å². The van der Waals surface area contributed by atoms with Crippen LogP contribution in [0.25, 0.3) is 0 Å². The van der Waals surface area contributed by atoms with E-state index in [9.17, 15) is 0 Å². The maximum atomic E-state index is 9.14. The maximum Gasteiger partial charge on any atom is 0.179 e. The number of aliphatic hydroxyl groups excluding tert-OH is 1. The third kappa shape index (κ3) is 3.77. The zero-order valence-corrected chi connectivity index (χ0v) is 11.8. The highest BCUT2D eigenvalue weighted by atomic mass is 35.5. The van der Waals surface area contributed by atoms with E-state index >= 15 is 0 Å². The molecule has 0 aliphatic heterocycles. The van der Waals surface area contributed by atoms with Crippen molar-refractivity contribution in [1.82, 2.24) is 0 Å². The average Bonchev–Trinajstić information content (AvgIpc) is 2.39. The summed E-state index contributed by atoms with van der Waals surface area (Å²) < 4.78 is 10.4. The maximum absolute atomic E-state index is 9.14. The van der Waals surface area contributed by atoms with Gasteiger partial charge in [-0.3, -0.25) is 0 Å². The van der Waals surface area contributed by atoms with E-state index in [0.29, 0.717) is 16.5 Å². The van der Waals surface area contributed by atoms with Gasteiger partial charge >= 0.3 is 0 Å². The lowest BCUT2D eigenvalue weighted by Gasteiger charge is -2.13. The summed E-state index contributed by atoms with van der Waals surface area (Å²) in [5, 5.41) is 11.8. The molecule has 1 aromatic rings. The second kappa shape index (κ2) is 7.46. The first-order chi connectivity index (χ1) is 8.65. The quantitative estimate of drug-likeness (QED) is 0.785. The molecule has 0 bridgehead atoms. The van der Waals surface area contributed by atoms with Crippen LogP contribution in [0.3, 0.4) is 0 Å². The SMILES string of the molecule is CC[C@H](CO)[NH2+]Cc1cc(Cl)c(OC)c(OC)c1. The monoisotopic (exact) mass is 274 g/mol. The van der Waals surface area contributed by atoms with Crippen molar-refractivity contribution < 1.29 is 19.9 Å². The minimum absolute atomic E-state index is 0.178. The lowest BCUT2D eigenvalue weighted by molar-refractivity contribution is -0.706. The Kier molecular flexibility index (Phi) is 6.25. The molecule has 0 aromatic heterocycles. The fraction of sp³-hybridized carbons (Fsp3) is 0.538. The van der Waals surface area contributed by atoms with E-state index in [1.165, 1.54) is 0 Å². The van der Waals surface area contributed by atoms with Crippen molar-refractivity contribution in [2.75, 3.05) is 20.8 Å². The lowest BCUT2D eigenvalue weighted by Crippen LogP contribution is -2.89. The molecule has 0 saturated heterocycles. The Balaban J connectivity index is 2.81.